The molecule has 1 aliphatic rings. The Morgan fingerprint density at radius 1 is 0.808 bits per heavy atom. The standard InChI is InChI=1S/C20H27F3O3/c21-12-14(24)16-17(22)18(23)20(26)15(19(16)25)13-10-8-6-4-2-1-3-5-7-9-11-13/h13,25-26H,1-12H2. The number of phenolic OH excluding ortho intramolecular Hbond substituents is 2. The highest BCUT2D eigenvalue weighted by Gasteiger charge is 2.31. The lowest BCUT2D eigenvalue weighted by Gasteiger charge is -2.22. The molecule has 0 heterocycles. The van der Waals surface area contributed by atoms with E-state index in [0.29, 0.717) is 12.8 Å². The molecule has 0 amide bonds. The third-order valence-electron chi connectivity index (χ3n) is 5.28. The SMILES string of the molecule is O=C(CF)c1c(O)c(C2CCCCCCCCCCC2)c(O)c(F)c1F. The lowest BCUT2D eigenvalue weighted by atomic mass is 9.85. The molecule has 0 saturated heterocycles. The molecule has 26 heavy (non-hydrogen) atoms. The van der Waals surface area contributed by atoms with E-state index in [1.54, 1.807) is 0 Å². The predicted molar refractivity (Wildman–Crippen MR) is 93.5 cm³/mol. The summed E-state index contributed by atoms with van der Waals surface area (Å²) in [5, 5.41) is 20.5. The van der Waals surface area contributed by atoms with Crippen LogP contribution in [0.2, 0.25) is 0 Å². The van der Waals surface area contributed by atoms with Gasteiger partial charge in [-0.05, 0) is 18.8 Å². The summed E-state index contributed by atoms with van der Waals surface area (Å²) >= 11 is 0. The lowest BCUT2D eigenvalue weighted by Crippen LogP contribution is -2.11. The van der Waals surface area contributed by atoms with Crippen molar-refractivity contribution >= 4 is 5.78 Å². The maximum absolute atomic E-state index is 14.1. The second kappa shape index (κ2) is 9.83. The topological polar surface area (TPSA) is 57.5 Å². The molecule has 1 aromatic carbocycles. The fourth-order valence-electron chi connectivity index (χ4n) is 3.84. The van der Waals surface area contributed by atoms with E-state index in [2.05, 4.69) is 0 Å². The minimum absolute atomic E-state index is 0.155. The van der Waals surface area contributed by atoms with Crippen LogP contribution < -0.4 is 0 Å². The van der Waals surface area contributed by atoms with E-state index in [1.807, 2.05) is 0 Å². The molecule has 0 aromatic heterocycles. The van der Waals surface area contributed by atoms with Crippen molar-refractivity contribution < 1.29 is 28.2 Å². The average Bonchev–Trinajstić information content (AvgIpc) is 2.61. The van der Waals surface area contributed by atoms with Crippen LogP contribution in [0.25, 0.3) is 0 Å². The molecule has 0 atom stereocenters. The third-order valence-corrected chi connectivity index (χ3v) is 5.28. The van der Waals surface area contributed by atoms with Crippen LogP contribution in [0.3, 0.4) is 0 Å². The molecule has 0 radical (unpaired) electrons. The Hall–Kier alpha value is -1.72. The number of Topliss-reactive ketones (excluding diaryl/α,β-unsaturated/α-hetero) is 1. The van der Waals surface area contributed by atoms with Crippen LogP contribution >= 0.6 is 0 Å². The molecular weight excluding hydrogens is 345 g/mol. The summed E-state index contributed by atoms with van der Waals surface area (Å²) < 4.78 is 40.8. The maximum atomic E-state index is 14.1. The highest BCUT2D eigenvalue weighted by molar-refractivity contribution is 6.00. The van der Waals surface area contributed by atoms with Gasteiger partial charge in [0.15, 0.2) is 18.2 Å². The summed E-state index contributed by atoms with van der Waals surface area (Å²) in [6.45, 7) is -1.54. The van der Waals surface area contributed by atoms with Gasteiger partial charge < -0.3 is 10.2 Å². The number of hydrogen-bond donors (Lipinski definition) is 2. The highest BCUT2D eigenvalue weighted by Crippen LogP contribution is 2.44. The van der Waals surface area contributed by atoms with Crippen molar-refractivity contribution in [2.24, 2.45) is 0 Å². The number of aromatic hydroxyl groups is 2. The molecule has 1 saturated carbocycles. The minimum atomic E-state index is -1.69. The van der Waals surface area contributed by atoms with Gasteiger partial charge in [0.05, 0.1) is 0 Å². The Morgan fingerprint density at radius 3 is 1.73 bits per heavy atom. The normalized spacial score (nSPS) is 18.1. The number of phenols is 2. The smallest absolute Gasteiger partial charge is 0.201 e. The molecule has 146 valence electrons. The monoisotopic (exact) mass is 372 g/mol. The second-order valence-corrected chi connectivity index (χ2v) is 7.13. The van der Waals surface area contributed by atoms with Crippen LogP contribution in [0.1, 0.15) is 92.5 Å². The van der Waals surface area contributed by atoms with Crippen LogP contribution in [0, 0.1) is 11.6 Å². The molecule has 0 unspecified atom stereocenters. The van der Waals surface area contributed by atoms with E-state index >= 15 is 0 Å². The largest absolute Gasteiger partial charge is 0.507 e. The minimum Gasteiger partial charge on any atom is -0.507 e. The molecule has 3 nitrogen and oxygen atoms in total. The zero-order valence-corrected chi connectivity index (χ0v) is 15.0. The van der Waals surface area contributed by atoms with Gasteiger partial charge in [-0.1, -0.05) is 57.8 Å². The first-order valence-electron chi connectivity index (χ1n) is 9.51. The Labute approximate surface area is 152 Å². The van der Waals surface area contributed by atoms with Gasteiger partial charge in [0.25, 0.3) is 0 Å². The van der Waals surface area contributed by atoms with Gasteiger partial charge in [0, 0.05) is 5.56 Å². The van der Waals surface area contributed by atoms with Gasteiger partial charge in [-0.2, -0.15) is 4.39 Å². The van der Waals surface area contributed by atoms with Gasteiger partial charge >= 0.3 is 0 Å². The van der Waals surface area contributed by atoms with Crippen molar-refractivity contribution in [3.63, 3.8) is 0 Å². The Morgan fingerprint density at radius 2 is 1.27 bits per heavy atom. The molecule has 2 N–H and O–H groups in total. The maximum Gasteiger partial charge on any atom is 0.201 e. The van der Waals surface area contributed by atoms with E-state index in [4.69, 9.17) is 0 Å². The number of rotatable bonds is 3. The molecule has 0 spiro atoms. The summed E-state index contributed by atoms with van der Waals surface area (Å²) in [7, 11) is 0. The first-order valence-corrected chi connectivity index (χ1v) is 9.51. The quantitative estimate of drug-likeness (QED) is 0.648. The van der Waals surface area contributed by atoms with Gasteiger partial charge in [-0.25, -0.2) is 8.78 Å². The lowest BCUT2D eigenvalue weighted by molar-refractivity contribution is 0.0950. The number of carbonyl (C=O) groups is 1. The Kier molecular flexibility index (Phi) is 7.79. The summed E-state index contributed by atoms with van der Waals surface area (Å²) in [5.41, 5.74) is -1.15. The number of alkyl halides is 1. The first kappa shape index (κ1) is 20.6. The van der Waals surface area contributed by atoms with Crippen molar-refractivity contribution in [1.82, 2.24) is 0 Å². The zero-order valence-electron chi connectivity index (χ0n) is 15.0. The fourth-order valence-corrected chi connectivity index (χ4v) is 3.84. The van der Waals surface area contributed by atoms with Crippen LogP contribution in [-0.4, -0.2) is 22.7 Å². The highest BCUT2D eigenvalue weighted by atomic mass is 19.2. The van der Waals surface area contributed by atoms with Crippen molar-refractivity contribution in [3.05, 3.63) is 22.8 Å². The number of halogens is 3. The van der Waals surface area contributed by atoms with Gasteiger partial charge in [-0.15, -0.1) is 0 Å². The number of hydrogen-bond acceptors (Lipinski definition) is 3. The van der Waals surface area contributed by atoms with Crippen molar-refractivity contribution in [1.29, 1.82) is 0 Å². The summed E-state index contributed by atoms with van der Waals surface area (Å²) in [6, 6.07) is 0. The molecule has 0 bridgehead atoms. The third kappa shape index (κ3) is 4.71. The van der Waals surface area contributed by atoms with Crippen molar-refractivity contribution in [2.75, 3.05) is 6.67 Å². The molecule has 1 aromatic rings. The van der Waals surface area contributed by atoms with Crippen molar-refractivity contribution in [3.8, 4) is 11.5 Å². The summed E-state index contributed by atoms with van der Waals surface area (Å²) in [5.74, 6) is -6.79. The molecule has 2 rings (SSSR count). The molecule has 1 aliphatic carbocycles. The first-order chi connectivity index (χ1) is 12.5. The van der Waals surface area contributed by atoms with Gasteiger partial charge in [0.2, 0.25) is 11.6 Å². The number of benzene rings is 1. The van der Waals surface area contributed by atoms with E-state index < -0.39 is 47.1 Å². The molecule has 1 fully saturated rings. The van der Waals surface area contributed by atoms with E-state index in [-0.39, 0.29) is 5.56 Å². The summed E-state index contributed by atoms with van der Waals surface area (Å²) in [6.07, 6.45) is 10.6. The van der Waals surface area contributed by atoms with Crippen molar-refractivity contribution in [2.45, 2.75) is 76.5 Å². The van der Waals surface area contributed by atoms with E-state index in [9.17, 15) is 28.2 Å². The Bertz CT molecular complexity index is 619. The fraction of sp³-hybridized carbons (Fsp3) is 0.650. The van der Waals surface area contributed by atoms with Gasteiger partial charge in [0.1, 0.15) is 11.3 Å². The van der Waals surface area contributed by atoms with Crippen LogP contribution in [0.4, 0.5) is 13.2 Å². The van der Waals surface area contributed by atoms with E-state index in [1.165, 1.54) is 19.3 Å². The van der Waals surface area contributed by atoms with E-state index in [0.717, 1.165) is 38.5 Å². The van der Waals surface area contributed by atoms with Crippen LogP contribution in [0.15, 0.2) is 0 Å². The van der Waals surface area contributed by atoms with Gasteiger partial charge in [-0.3, -0.25) is 4.79 Å². The van der Waals surface area contributed by atoms with Crippen LogP contribution in [0.5, 0.6) is 11.5 Å². The zero-order chi connectivity index (χ0) is 19.1. The molecule has 6 heteroatoms. The van der Waals surface area contributed by atoms with Crippen LogP contribution in [-0.2, 0) is 0 Å². The molecule has 0 aliphatic heterocycles. The number of ketones is 1. The summed E-state index contributed by atoms with van der Waals surface area (Å²) in [4.78, 5) is 11.6. The average molecular weight is 372 g/mol. The molecular formula is C20H27F3O3. The Balaban J connectivity index is 2.38. The number of carbonyl (C=O) groups excluding carboxylic acids is 1. The predicted octanol–water partition coefficient (Wildman–Crippen LogP) is 5.92. The second-order valence-electron chi connectivity index (χ2n) is 7.13.